The zero-order valence-corrected chi connectivity index (χ0v) is 13.1. The Balaban J connectivity index is 2.61. The number of rotatable bonds is 10. The normalized spacial score (nSPS) is 13.9. The van der Waals surface area contributed by atoms with Crippen molar-refractivity contribution in [2.45, 2.75) is 38.8 Å². The number of benzene rings is 1. The number of unbranched alkanes of at least 4 members (excludes halogenated alkanes) is 2. The molecule has 19 heavy (non-hydrogen) atoms. The SMILES string of the molecule is C=CCCCP(=C)(Cc1ccccc1)OCCCC. The second kappa shape index (κ2) is 9.18. The van der Waals surface area contributed by atoms with Gasteiger partial charge in [0, 0.05) is 13.3 Å². The highest BCUT2D eigenvalue weighted by Crippen LogP contribution is 2.50. The zero-order chi connectivity index (χ0) is 14.0. The van der Waals surface area contributed by atoms with Gasteiger partial charge in [-0.05, 0) is 31.0 Å². The molecule has 0 amide bonds. The zero-order valence-electron chi connectivity index (χ0n) is 12.2. The molecule has 0 radical (unpaired) electrons. The fourth-order valence-electron chi connectivity index (χ4n) is 2.03. The van der Waals surface area contributed by atoms with Gasteiger partial charge in [-0.2, -0.15) is 0 Å². The molecule has 1 atom stereocenters. The Bertz CT molecular complexity index is 397. The third-order valence-corrected chi connectivity index (χ3v) is 5.95. The molecule has 0 spiro atoms. The van der Waals surface area contributed by atoms with Gasteiger partial charge in [-0.15, -0.1) is 6.58 Å². The summed E-state index contributed by atoms with van der Waals surface area (Å²) in [7, 11) is -1.55. The lowest BCUT2D eigenvalue weighted by atomic mass is 10.2. The molecule has 2 heteroatoms. The van der Waals surface area contributed by atoms with Crippen LogP contribution in [0.15, 0.2) is 43.0 Å². The van der Waals surface area contributed by atoms with Crippen molar-refractivity contribution >= 4 is 13.4 Å². The summed E-state index contributed by atoms with van der Waals surface area (Å²) in [6.07, 6.45) is 13.0. The van der Waals surface area contributed by atoms with E-state index in [0.29, 0.717) is 0 Å². The lowest BCUT2D eigenvalue weighted by Crippen LogP contribution is -2.01. The van der Waals surface area contributed by atoms with E-state index in [1.807, 2.05) is 6.08 Å². The third-order valence-electron chi connectivity index (χ3n) is 3.15. The molecule has 1 aromatic rings. The Kier molecular flexibility index (Phi) is 7.86. The quantitative estimate of drug-likeness (QED) is 0.319. The second-order valence-corrected chi connectivity index (χ2v) is 8.18. The number of allylic oxidation sites excluding steroid dienone is 1. The third kappa shape index (κ3) is 6.80. The van der Waals surface area contributed by atoms with Crippen molar-refractivity contribution in [3.05, 3.63) is 48.6 Å². The van der Waals surface area contributed by atoms with E-state index in [9.17, 15) is 0 Å². The molecule has 0 saturated heterocycles. The van der Waals surface area contributed by atoms with Crippen LogP contribution < -0.4 is 0 Å². The minimum absolute atomic E-state index is 0.856. The van der Waals surface area contributed by atoms with Crippen LogP contribution in [-0.2, 0) is 10.7 Å². The van der Waals surface area contributed by atoms with Crippen LogP contribution in [0.4, 0.5) is 0 Å². The standard InChI is InChI=1S/C17H27OP/c1-4-6-11-15-19(3,18-14-7-5-2)16-17-12-9-8-10-13-17/h4,8-10,12-13H,1,3,5-7,11,14-16H2,2H3. The topological polar surface area (TPSA) is 9.23 Å². The van der Waals surface area contributed by atoms with Crippen LogP contribution in [0, 0.1) is 0 Å². The predicted molar refractivity (Wildman–Crippen MR) is 89.3 cm³/mol. The predicted octanol–water partition coefficient (Wildman–Crippen LogP) is 5.33. The minimum Gasteiger partial charge on any atom is -0.362 e. The van der Waals surface area contributed by atoms with Crippen molar-refractivity contribution in [3.63, 3.8) is 0 Å². The molecular weight excluding hydrogens is 251 g/mol. The highest BCUT2D eigenvalue weighted by Gasteiger charge is 2.15. The molecule has 1 unspecified atom stereocenters. The molecule has 0 aliphatic rings. The summed E-state index contributed by atoms with van der Waals surface area (Å²) in [6, 6.07) is 10.6. The molecule has 1 rings (SSSR count). The molecule has 0 N–H and O–H groups in total. The van der Waals surface area contributed by atoms with E-state index in [2.05, 4.69) is 50.1 Å². The summed E-state index contributed by atoms with van der Waals surface area (Å²) >= 11 is 0. The van der Waals surface area contributed by atoms with Crippen molar-refractivity contribution < 1.29 is 4.52 Å². The summed E-state index contributed by atoms with van der Waals surface area (Å²) in [5, 5.41) is 0. The Labute approximate surface area is 118 Å². The van der Waals surface area contributed by atoms with Gasteiger partial charge in [-0.1, -0.05) is 56.1 Å². The van der Waals surface area contributed by atoms with E-state index in [1.54, 1.807) is 0 Å². The van der Waals surface area contributed by atoms with Crippen LogP contribution in [0.5, 0.6) is 0 Å². The molecule has 1 aromatic carbocycles. The van der Waals surface area contributed by atoms with Gasteiger partial charge in [0.25, 0.3) is 0 Å². The maximum Gasteiger partial charge on any atom is 0.0507 e. The van der Waals surface area contributed by atoms with Crippen LogP contribution in [0.1, 0.15) is 38.2 Å². The van der Waals surface area contributed by atoms with Gasteiger partial charge in [-0.3, -0.25) is 0 Å². The molecule has 0 aromatic heterocycles. The first-order valence-electron chi connectivity index (χ1n) is 7.21. The largest absolute Gasteiger partial charge is 0.362 e. The van der Waals surface area contributed by atoms with Gasteiger partial charge in [0.15, 0.2) is 0 Å². The molecule has 0 saturated carbocycles. The van der Waals surface area contributed by atoms with Crippen LogP contribution in [-0.4, -0.2) is 19.1 Å². The lowest BCUT2D eigenvalue weighted by Gasteiger charge is -2.25. The van der Waals surface area contributed by atoms with Gasteiger partial charge >= 0.3 is 0 Å². The monoisotopic (exact) mass is 278 g/mol. The maximum absolute atomic E-state index is 6.19. The number of hydrogen-bond acceptors (Lipinski definition) is 1. The van der Waals surface area contributed by atoms with Crippen molar-refractivity contribution in [1.29, 1.82) is 0 Å². The Hall–Kier alpha value is -0.780. The van der Waals surface area contributed by atoms with E-state index >= 15 is 0 Å². The second-order valence-electron chi connectivity index (χ2n) is 5.04. The first kappa shape index (κ1) is 16.3. The Morgan fingerprint density at radius 1 is 1.21 bits per heavy atom. The first-order chi connectivity index (χ1) is 9.20. The molecule has 0 aliphatic carbocycles. The molecular formula is C17H27OP. The molecule has 0 aliphatic heterocycles. The fraction of sp³-hybridized carbons (Fsp3) is 0.471. The van der Waals surface area contributed by atoms with Crippen LogP contribution in [0.3, 0.4) is 0 Å². The fourth-order valence-corrected chi connectivity index (χ4v) is 4.56. The summed E-state index contributed by atoms with van der Waals surface area (Å²) in [5.74, 6) is 0. The van der Waals surface area contributed by atoms with Crippen LogP contribution in [0.25, 0.3) is 0 Å². The van der Waals surface area contributed by atoms with E-state index in [-0.39, 0.29) is 0 Å². The minimum atomic E-state index is -1.55. The summed E-state index contributed by atoms with van der Waals surface area (Å²) in [4.78, 5) is 0. The van der Waals surface area contributed by atoms with E-state index in [4.69, 9.17) is 4.52 Å². The Morgan fingerprint density at radius 3 is 2.58 bits per heavy atom. The van der Waals surface area contributed by atoms with Gasteiger partial charge in [0.2, 0.25) is 0 Å². The molecule has 0 fully saturated rings. The highest BCUT2D eigenvalue weighted by atomic mass is 31.2. The van der Waals surface area contributed by atoms with Crippen molar-refractivity contribution in [1.82, 2.24) is 0 Å². The molecule has 0 bridgehead atoms. The van der Waals surface area contributed by atoms with Crippen LogP contribution in [0.2, 0.25) is 0 Å². The Morgan fingerprint density at radius 2 is 1.95 bits per heavy atom. The van der Waals surface area contributed by atoms with Gasteiger partial charge in [0.05, 0.1) is 6.61 Å². The smallest absolute Gasteiger partial charge is 0.0507 e. The maximum atomic E-state index is 6.19. The number of hydrogen-bond donors (Lipinski definition) is 0. The summed E-state index contributed by atoms with van der Waals surface area (Å²) < 4.78 is 6.19. The molecule has 1 nitrogen and oxygen atoms in total. The van der Waals surface area contributed by atoms with Crippen molar-refractivity contribution in [3.8, 4) is 0 Å². The van der Waals surface area contributed by atoms with Crippen LogP contribution >= 0.6 is 7.11 Å². The van der Waals surface area contributed by atoms with E-state index in [0.717, 1.165) is 38.2 Å². The highest BCUT2D eigenvalue weighted by molar-refractivity contribution is 7.68. The summed E-state index contributed by atoms with van der Waals surface area (Å²) in [6.45, 7) is 6.84. The molecule has 106 valence electrons. The average Bonchev–Trinajstić information content (AvgIpc) is 2.40. The molecule has 0 heterocycles. The van der Waals surface area contributed by atoms with E-state index < -0.39 is 7.11 Å². The average molecular weight is 278 g/mol. The van der Waals surface area contributed by atoms with Crippen molar-refractivity contribution in [2.24, 2.45) is 0 Å². The van der Waals surface area contributed by atoms with Gasteiger partial charge < -0.3 is 4.52 Å². The van der Waals surface area contributed by atoms with Gasteiger partial charge in [-0.25, -0.2) is 0 Å². The van der Waals surface area contributed by atoms with Crippen molar-refractivity contribution in [2.75, 3.05) is 12.8 Å². The van der Waals surface area contributed by atoms with E-state index in [1.165, 1.54) is 12.0 Å². The first-order valence-corrected chi connectivity index (χ1v) is 9.47. The summed E-state index contributed by atoms with van der Waals surface area (Å²) in [5.41, 5.74) is 1.35. The van der Waals surface area contributed by atoms with Gasteiger partial charge in [0.1, 0.15) is 0 Å². The lowest BCUT2D eigenvalue weighted by molar-refractivity contribution is 0.338.